The van der Waals surface area contributed by atoms with Gasteiger partial charge in [0, 0.05) is 0 Å². The Hall–Kier alpha value is -0.350. The van der Waals surface area contributed by atoms with Crippen molar-refractivity contribution in [3.05, 3.63) is 0 Å². The lowest BCUT2D eigenvalue weighted by molar-refractivity contribution is -0.0528. The van der Waals surface area contributed by atoms with Gasteiger partial charge in [-0.25, -0.2) is 5.06 Å². The Kier molecular flexibility index (Phi) is 1.65. The van der Waals surface area contributed by atoms with Gasteiger partial charge >= 0.3 is 0 Å². The highest BCUT2D eigenvalue weighted by molar-refractivity contribution is 7.80. The normalized spacial score (nSPS) is 19.1. The summed E-state index contributed by atoms with van der Waals surface area (Å²) in [5, 5.41) is 1.97. The molecule has 1 aliphatic rings. The first-order valence-electron chi connectivity index (χ1n) is 2.33. The maximum Gasteiger partial charge on any atom is 0.283 e. The average molecular weight is 133 g/mol. The van der Waals surface area contributed by atoms with E-state index in [1.165, 1.54) is 5.06 Å². The SMILES string of the molecule is CON1CCOC1=S. The quantitative estimate of drug-likeness (QED) is 0.475. The van der Waals surface area contributed by atoms with Crippen molar-refractivity contribution in [2.24, 2.45) is 0 Å². The largest absolute Gasteiger partial charge is 0.467 e. The molecule has 0 unspecified atom stereocenters. The second kappa shape index (κ2) is 2.28. The van der Waals surface area contributed by atoms with E-state index >= 15 is 0 Å². The molecule has 1 heterocycles. The Balaban J connectivity index is 2.42. The fraction of sp³-hybridized carbons (Fsp3) is 0.750. The van der Waals surface area contributed by atoms with E-state index in [2.05, 4.69) is 0 Å². The molecule has 0 aliphatic carbocycles. The summed E-state index contributed by atoms with van der Waals surface area (Å²) in [6.45, 7) is 1.39. The summed E-state index contributed by atoms with van der Waals surface area (Å²) in [6.07, 6.45) is 0. The lowest BCUT2D eigenvalue weighted by Gasteiger charge is -2.08. The van der Waals surface area contributed by atoms with Crippen LogP contribution >= 0.6 is 12.2 Å². The Morgan fingerprint density at radius 2 is 2.62 bits per heavy atom. The smallest absolute Gasteiger partial charge is 0.283 e. The fourth-order valence-corrected chi connectivity index (χ4v) is 0.794. The summed E-state index contributed by atoms with van der Waals surface area (Å²) in [4.78, 5) is 4.79. The molecule has 0 aromatic carbocycles. The highest BCUT2D eigenvalue weighted by atomic mass is 32.1. The van der Waals surface area contributed by atoms with Gasteiger partial charge in [-0.3, -0.25) is 4.84 Å². The minimum atomic E-state index is 0.438. The first-order valence-corrected chi connectivity index (χ1v) is 2.74. The van der Waals surface area contributed by atoms with Crippen molar-refractivity contribution in [2.75, 3.05) is 20.3 Å². The third kappa shape index (κ3) is 0.900. The summed E-state index contributed by atoms with van der Waals surface area (Å²) in [6, 6.07) is 0. The van der Waals surface area contributed by atoms with Crippen LogP contribution in [0.15, 0.2) is 0 Å². The molecule has 8 heavy (non-hydrogen) atoms. The van der Waals surface area contributed by atoms with Crippen molar-refractivity contribution >= 4 is 17.4 Å². The van der Waals surface area contributed by atoms with Crippen molar-refractivity contribution in [2.45, 2.75) is 0 Å². The summed E-state index contributed by atoms with van der Waals surface area (Å²) >= 11 is 4.72. The van der Waals surface area contributed by atoms with Crippen LogP contribution in [-0.2, 0) is 9.57 Å². The van der Waals surface area contributed by atoms with E-state index in [1.807, 2.05) is 0 Å². The molecular weight excluding hydrogens is 126 g/mol. The zero-order valence-electron chi connectivity index (χ0n) is 4.59. The van der Waals surface area contributed by atoms with Crippen LogP contribution in [0.2, 0.25) is 0 Å². The van der Waals surface area contributed by atoms with Gasteiger partial charge in [0.1, 0.15) is 6.61 Å². The third-order valence-electron chi connectivity index (χ3n) is 0.944. The van der Waals surface area contributed by atoms with Gasteiger partial charge in [0.05, 0.1) is 13.7 Å². The molecule has 0 N–H and O–H groups in total. The number of nitrogens with zero attached hydrogens (tertiary/aromatic N) is 1. The van der Waals surface area contributed by atoms with Crippen molar-refractivity contribution in [3.63, 3.8) is 0 Å². The molecule has 3 nitrogen and oxygen atoms in total. The highest BCUT2D eigenvalue weighted by Gasteiger charge is 2.16. The van der Waals surface area contributed by atoms with Crippen molar-refractivity contribution in [3.8, 4) is 0 Å². The Labute approximate surface area is 53.1 Å². The number of ether oxygens (including phenoxy) is 1. The van der Waals surface area contributed by atoms with E-state index in [0.29, 0.717) is 11.8 Å². The van der Waals surface area contributed by atoms with E-state index < -0.39 is 0 Å². The maximum atomic E-state index is 4.89. The van der Waals surface area contributed by atoms with Crippen LogP contribution in [-0.4, -0.2) is 30.5 Å². The molecule has 1 rings (SSSR count). The van der Waals surface area contributed by atoms with Gasteiger partial charge < -0.3 is 4.74 Å². The van der Waals surface area contributed by atoms with Crippen LogP contribution in [0.3, 0.4) is 0 Å². The van der Waals surface area contributed by atoms with E-state index in [1.54, 1.807) is 7.11 Å². The molecule has 0 bridgehead atoms. The van der Waals surface area contributed by atoms with Crippen LogP contribution in [0.1, 0.15) is 0 Å². The molecule has 46 valence electrons. The van der Waals surface area contributed by atoms with E-state index in [9.17, 15) is 0 Å². The van der Waals surface area contributed by atoms with Gasteiger partial charge in [-0.1, -0.05) is 0 Å². The molecule has 0 spiro atoms. The predicted molar refractivity (Wildman–Crippen MR) is 32.3 cm³/mol. The number of hydrogen-bond acceptors (Lipinski definition) is 3. The first-order chi connectivity index (χ1) is 3.84. The van der Waals surface area contributed by atoms with Crippen LogP contribution in [0.5, 0.6) is 0 Å². The van der Waals surface area contributed by atoms with E-state index in [4.69, 9.17) is 21.8 Å². The topological polar surface area (TPSA) is 21.7 Å². The number of thiocarbonyl (C=S) groups is 1. The number of hydrogen-bond donors (Lipinski definition) is 0. The van der Waals surface area contributed by atoms with Crippen molar-refractivity contribution < 1.29 is 9.57 Å². The molecule has 0 amide bonds. The van der Waals surface area contributed by atoms with Gasteiger partial charge in [0.2, 0.25) is 0 Å². The second-order valence-electron chi connectivity index (χ2n) is 1.40. The average Bonchev–Trinajstić information content (AvgIpc) is 2.14. The van der Waals surface area contributed by atoms with Gasteiger partial charge in [-0.15, -0.1) is 0 Å². The molecule has 1 aliphatic heterocycles. The Morgan fingerprint density at radius 1 is 1.88 bits per heavy atom. The van der Waals surface area contributed by atoms with Gasteiger partial charge in [0.15, 0.2) is 0 Å². The first kappa shape index (κ1) is 5.78. The molecule has 0 radical (unpaired) electrons. The molecule has 1 saturated heterocycles. The molecule has 0 aromatic heterocycles. The summed E-state index contributed by atoms with van der Waals surface area (Å²) in [5.41, 5.74) is 0. The maximum absolute atomic E-state index is 4.89. The zero-order chi connectivity index (χ0) is 5.98. The Bertz CT molecular complexity index is 106. The standard InChI is InChI=1S/C4H7NO2S/c1-6-5-2-3-7-4(5)8/h2-3H2,1H3. The molecule has 0 atom stereocenters. The minimum absolute atomic E-state index is 0.438. The molecule has 0 saturated carbocycles. The van der Waals surface area contributed by atoms with Gasteiger partial charge in [-0.2, -0.15) is 0 Å². The van der Waals surface area contributed by atoms with E-state index in [-0.39, 0.29) is 0 Å². The van der Waals surface area contributed by atoms with Crippen LogP contribution in [0.4, 0.5) is 0 Å². The summed E-state index contributed by atoms with van der Waals surface area (Å²) in [5.74, 6) is 0. The molecular formula is C4H7NO2S. The monoisotopic (exact) mass is 133 g/mol. The van der Waals surface area contributed by atoms with Crippen LogP contribution in [0.25, 0.3) is 0 Å². The number of hydroxylamine groups is 2. The van der Waals surface area contributed by atoms with Gasteiger partial charge in [0.25, 0.3) is 5.17 Å². The van der Waals surface area contributed by atoms with Crippen LogP contribution in [0, 0.1) is 0 Å². The summed E-state index contributed by atoms with van der Waals surface area (Å²) < 4.78 is 4.89. The third-order valence-corrected chi connectivity index (χ3v) is 1.27. The minimum Gasteiger partial charge on any atom is -0.467 e. The van der Waals surface area contributed by atoms with Crippen LogP contribution < -0.4 is 0 Å². The summed E-state index contributed by atoms with van der Waals surface area (Å²) in [7, 11) is 1.57. The fourth-order valence-electron chi connectivity index (χ4n) is 0.545. The lowest BCUT2D eigenvalue weighted by atomic mass is 10.7. The lowest BCUT2D eigenvalue weighted by Crippen LogP contribution is -2.21. The van der Waals surface area contributed by atoms with Crippen molar-refractivity contribution in [1.82, 2.24) is 5.06 Å². The molecule has 0 aromatic rings. The zero-order valence-corrected chi connectivity index (χ0v) is 5.40. The highest BCUT2D eigenvalue weighted by Crippen LogP contribution is 2.01. The van der Waals surface area contributed by atoms with Crippen molar-refractivity contribution in [1.29, 1.82) is 0 Å². The predicted octanol–water partition coefficient (Wildman–Crippen LogP) is 0.165. The Morgan fingerprint density at radius 3 is 2.88 bits per heavy atom. The number of rotatable bonds is 1. The van der Waals surface area contributed by atoms with Gasteiger partial charge in [-0.05, 0) is 12.2 Å². The second-order valence-corrected chi connectivity index (χ2v) is 1.75. The van der Waals surface area contributed by atoms with E-state index in [0.717, 1.165) is 6.54 Å². The molecule has 1 fully saturated rings. The molecule has 4 heteroatoms.